The van der Waals surface area contributed by atoms with Crippen LogP contribution >= 0.6 is 11.6 Å². The third-order valence-corrected chi connectivity index (χ3v) is 3.41. The average molecular weight is 264 g/mol. The fourth-order valence-corrected chi connectivity index (χ4v) is 2.34. The van der Waals surface area contributed by atoms with E-state index in [4.69, 9.17) is 22.8 Å². The number of hydrogen-bond acceptors (Lipinski definition) is 2. The van der Waals surface area contributed by atoms with Gasteiger partial charge in [-0.2, -0.15) is 0 Å². The van der Waals surface area contributed by atoms with Gasteiger partial charge < -0.3 is 4.74 Å². The summed E-state index contributed by atoms with van der Waals surface area (Å²) in [5, 5.41) is 4.13. The Morgan fingerprint density at radius 3 is 3.00 bits per heavy atom. The van der Waals surface area contributed by atoms with Gasteiger partial charge in [-0.25, -0.2) is 0 Å². The zero-order valence-electron chi connectivity index (χ0n) is 10.7. The first-order valence-electron chi connectivity index (χ1n) is 6.24. The van der Waals surface area contributed by atoms with Crippen LogP contribution in [0.15, 0.2) is 18.2 Å². The van der Waals surface area contributed by atoms with Gasteiger partial charge in [0.1, 0.15) is 11.9 Å². The molecule has 0 aliphatic carbocycles. The maximum absolute atomic E-state index is 5.96. The van der Waals surface area contributed by atoms with Crippen molar-refractivity contribution in [3.63, 3.8) is 0 Å². The largest absolute Gasteiger partial charge is 0.488 e. The van der Waals surface area contributed by atoms with Gasteiger partial charge in [-0.1, -0.05) is 31.4 Å². The van der Waals surface area contributed by atoms with Gasteiger partial charge >= 0.3 is 0 Å². The highest BCUT2D eigenvalue weighted by atomic mass is 35.5. The number of benzene rings is 1. The molecule has 2 nitrogen and oxygen atoms in total. The van der Waals surface area contributed by atoms with Gasteiger partial charge in [-0.15, -0.1) is 6.42 Å². The van der Waals surface area contributed by atoms with Crippen molar-refractivity contribution in [3.8, 4) is 18.1 Å². The van der Waals surface area contributed by atoms with E-state index in [0.717, 1.165) is 23.7 Å². The molecule has 1 heterocycles. The van der Waals surface area contributed by atoms with Crippen LogP contribution in [0.1, 0.15) is 19.4 Å². The minimum atomic E-state index is 0.0981. The number of nitrogens with one attached hydrogen (secondary N) is 1. The summed E-state index contributed by atoms with van der Waals surface area (Å²) in [7, 11) is 0. The summed E-state index contributed by atoms with van der Waals surface area (Å²) >= 11 is 5.96. The molecular formula is C15H18ClNO. The lowest BCUT2D eigenvalue weighted by Crippen LogP contribution is -2.39. The summed E-state index contributed by atoms with van der Waals surface area (Å²) in [5.74, 6) is 4.13. The third-order valence-electron chi connectivity index (χ3n) is 3.18. The number of rotatable bonds is 4. The van der Waals surface area contributed by atoms with E-state index in [-0.39, 0.29) is 12.1 Å². The Morgan fingerprint density at radius 2 is 2.33 bits per heavy atom. The lowest BCUT2D eigenvalue weighted by Gasteiger charge is -2.19. The number of terminal acetylenes is 1. The molecule has 2 rings (SSSR count). The minimum absolute atomic E-state index is 0.0981. The fourth-order valence-electron chi connectivity index (χ4n) is 2.15. The molecule has 96 valence electrons. The highest BCUT2D eigenvalue weighted by Crippen LogP contribution is 2.30. The molecule has 3 heteroatoms. The Bertz CT molecular complexity index is 464. The molecule has 0 amide bonds. The highest BCUT2D eigenvalue weighted by Gasteiger charge is 2.23. The van der Waals surface area contributed by atoms with Crippen molar-refractivity contribution in [1.29, 1.82) is 0 Å². The molecule has 18 heavy (non-hydrogen) atoms. The number of hydrogen-bond donors (Lipinski definition) is 1. The van der Waals surface area contributed by atoms with E-state index in [2.05, 4.69) is 25.1 Å². The van der Waals surface area contributed by atoms with Crippen LogP contribution in [0, 0.1) is 18.3 Å². The van der Waals surface area contributed by atoms with Gasteiger partial charge in [-0.3, -0.25) is 5.32 Å². The van der Waals surface area contributed by atoms with Crippen LogP contribution in [0.4, 0.5) is 0 Å². The van der Waals surface area contributed by atoms with E-state index in [1.54, 1.807) is 0 Å². The lowest BCUT2D eigenvalue weighted by molar-refractivity contribution is 0.221. The quantitative estimate of drug-likeness (QED) is 0.844. The molecule has 0 aromatic heterocycles. The Hall–Kier alpha value is -1.17. The Morgan fingerprint density at radius 1 is 1.56 bits per heavy atom. The Balaban J connectivity index is 1.90. The summed E-state index contributed by atoms with van der Waals surface area (Å²) in [6, 6.07) is 5.85. The van der Waals surface area contributed by atoms with Crippen LogP contribution in [0.5, 0.6) is 5.75 Å². The first kappa shape index (κ1) is 13.3. The van der Waals surface area contributed by atoms with Crippen molar-refractivity contribution in [2.24, 2.45) is 5.92 Å². The minimum Gasteiger partial charge on any atom is -0.488 e. The van der Waals surface area contributed by atoms with E-state index in [1.165, 1.54) is 5.56 Å². The third kappa shape index (κ3) is 2.98. The molecule has 0 spiro atoms. The maximum atomic E-state index is 5.96. The topological polar surface area (TPSA) is 21.3 Å². The molecule has 0 saturated heterocycles. The highest BCUT2D eigenvalue weighted by molar-refractivity contribution is 6.30. The van der Waals surface area contributed by atoms with Gasteiger partial charge in [-0.05, 0) is 29.7 Å². The summed E-state index contributed by atoms with van der Waals surface area (Å²) in [4.78, 5) is 0. The Kier molecular flexibility index (Phi) is 4.16. The van der Waals surface area contributed by atoms with E-state index in [9.17, 15) is 0 Å². The van der Waals surface area contributed by atoms with Crippen molar-refractivity contribution in [3.05, 3.63) is 28.8 Å². The molecule has 2 atom stereocenters. The van der Waals surface area contributed by atoms with E-state index in [0.29, 0.717) is 5.92 Å². The summed E-state index contributed by atoms with van der Waals surface area (Å²) < 4.78 is 5.85. The van der Waals surface area contributed by atoms with Gasteiger partial charge in [0.05, 0.1) is 6.04 Å². The molecule has 0 bridgehead atoms. The predicted molar refractivity (Wildman–Crippen MR) is 75.0 cm³/mol. The molecule has 0 radical (unpaired) electrons. The first-order valence-corrected chi connectivity index (χ1v) is 6.62. The molecule has 0 saturated carbocycles. The molecule has 1 aromatic rings. The predicted octanol–water partition coefficient (Wildman–Crippen LogP) is 2.89. The average Bonchev–Trinajstić information content (AvgIpc) is 2.71. The first-order chi connectivity index (χ1) is 8.60. The molecule has 0 fully saturated rings. The second-order valence-electron chi connectivity index (χ2n) is 4.99. The van der Waals surface area contributed by atoms with Crippen molar-refractivity contribution in [2.45, 2.75) is 32.4 Å². The molecule has 1 aliphatic rings. The second-order valence-corrected chi connectivity index (χ2v) is 5.43. The van der Waals surface area contributed by atoms with Gasteiger partial charge in [0.25, 0.3) is 0 Å². The van der Waals surface area contributed by atoms with Crippen LogP contribution in [0.25, 0.3) is 0 Å². The van der Waals surface area contributed by atoms with Crippen molar-refractivity contribution in [2.75, 3.05) is 6.54 Å². The number of halogens is 1. The van der Waals surface area contributed by atoms with Gasteiger partial charge in [0, 0.05) is 18.0 Å². The standard InChI is InChI=1S/C15H18ClNO/c1-4-14(10(2)3)17-9-13-8-11-7-12(16)5-6-15(11)18-13/h1,5-7,10,13-14,17H,8-9H2,2-3H3. The van der Waals surface area contributed by atoms with E-state index >= 15 is 0 Å². The van der Waals surface area contributed by atoms with Crippen LogP contribution in [0.3, 0.4) is 0 Å². The van der Waals surface area contributed by atoms with Crippen LogP contribution < -0.4 is 10.1 Å². The fraction of sp³-hybridized carbons (Fsp3) is 0.467. The molecule has 1 aromatic carbocycles. The molecular weight excluding hydrogens is 246 g/mol. The Labute approximate surface area is 114 Å². The van der Waals surface area contributed by atoms with Crippen molar-refractivity contribution < 1.29 is 4.74 Å². The van der Waals surface area contributed by atoms with Crippen LogP contribution in [-0.2, 0) is 6.42 Å². The van der Waals surface area contributed by atoms with Crippen molar-refractivity contribution >= 4 is 11.6 Å². The molecule has 2 unspecified atom stereocenters. The number of fused-ring (bicyclic) bond motifs is 1. The summed E-state index contributed by atoms with van der Waals surface area (Å²) in [6.45, 7) is 4.99. The van der Waals surface area contributed by atoms with Gasteiger partial charge in [0.15, 0.2) is 0 Å². The zero-order chi connectivity index (χ0) is 13.1. The van der Waals surface area contributed by atoms with Crippen LogP contribution in [-0.4, -0.2) is 18.7 Å². The maximum Gasteiger partial charge on any atom is 0.123 e. The number of ether oxygens (including phenoxy) is 1. The summed E-state index contributed by atoms with van der Waals surface area (Å²) in [5.41, 5.74) is 1.18. The second kappa shape index (κ2) is 5.65. The smallest absolute Gasteiger partial charge is 0.123 e. The van der Waals surface area contributed by atoms with Crippen LogP contribution in [0.2, 0.25) is 5.02 Å². The van der Waals surface area contributed by atoms with E-state index in [1.807, 2.05) is 18.2 Å². The SMILES string of the molecule is C#CC(NCC1Cc2cc(Cl)ccc2O1)C(C)C. The van der Waals surface area contributed by atoms with E-state index < -0.39 is 0 Å². The monoisotopic (exact) mass is 263 g/mol. The molecule has 1 N–H and O–H groups in total. The normalized spacial score (nSPS) is 19.2. The lowest BCUT2D eigenvalue weighted by atomic mass is 10.0. The van der Waals surface area contributed by atoms with Crippen molar-refractivity contribution in [1.82, 2.24) is 5.32 Å². The molecule has 1 aliphatic heterocycles. The summed E-state index contributed by atoms with van der Waals surface area (Å²) in [6.07, 6.45) is 6.53. The zero-order valence-corrected chi connectivity index (χ0v) is 11.5. The van der Waals surface area contributed by atoms with Gasteiger partial charge in [0.2, 0.25) is 0 Å².